The van der Waals surface area contributed by atoms with Gasteiger partial charge in [0.2, 0.25) is 0 Å². The van der Waals surface area contributed by atoms with E-state index < -0.39 is 11.8 Å². The number of aromatic nitrogens is 2. The average Bonchev–Trinajstić information content (AvgIpc) is 2.78. The summed E-state index contributed by atoms with van der Waals surface area (Å²) < 4.78 is 20.6. The van der Waals surface area contributed by atoms with Crippen LogP contribution in [0.2, 0.25) is 0 Å². The number of rotatable bonds is 5. The van der Waals surface area contributed by atoms with Crippen molar-refractivity contribution in [1.29, 1.82) is 0 Å². The highest BCUT2D eigenvalue weighted by Crippen LogP contribution is 2.26. The number of imidazole rings is 1. The van der Waals surface area contributed by atoms with Crippen LogP contribution in [0.15, 0.2) is 29.6 Å². The summed E-state index contributed by atoms with van der Waals surface area (Å²) in [6.45, 7) is 1.76. The summed E-state index contributed by atoms with van der Waals surface area (Å²) in [6, 6.07) is 4.36. The smallest absolute Gasteiger partial charge is 0.313 e. The molecule has 0 aliphatic carbocycles. The van der Waals surface area contributed by atoms with Gasteiger partial charge in [0.1, 0.15) is 11.6 Å². The molecule has 0 bridgehead atoms. The number of methoxy groups -OCH3 is 1. The van der Waals surface area contributed by atoms with Crippen LogP contribution in [0.1, 0.15) is 5.69 Å². The molecule has 0 unspecified atom stereocenters. The summed E-state index contributed by atoms with van der Waals surface area (Å²) in [4.78, 5) is 14.9. The van der Waals surface area contributed by atoms with Crippen LogP contribution in [0.5, 0.6) is 5.75 Å². The molecule has 1 heterocycles. The molecule has 20 heavy (non-hydrogen) atoms. The lowest BCUT2D eigenvalue weighted by atomic mass is 10.3. The van der Waals surface area contributed by atoms with Gasteiger partial charge < -0.3 is 9.84 Å². The second-order valence-electron chi connectivity index (χ2n) is 4.03. The van der Waals surface area contributed by atoms with E-state index in [1.54, 1.807) is 19.2 Å². The van der Waals surface area contributed by atoms with Crippen LogP contribution in [0.3, 0.4) is 0 Å². The fraction of sp³-hybridized carbons (Fsp3) is 0.231. The lowest BCUT2D eigenvalue weighted by Gasteiger charge is -2.09. The molecule has 106 valence electrons. The average molecular weight is 296 g/mol. The SMILES string of the molecule is COc1ccc(F)c(-n2cc(C)nc2SCC(=O)O)c1. The van der Waals surface area contributed by atoms with E-state index in [2.05, 4.69) is 4.98 Å². The van der Waals surface area contributed by atoms with Gasteiger partial charge in [0.15, 0.2) is 5.16 Å². The highest BCUT2D eigenvalue weighted by atomic mass is 32.2. The van der Waals surface area contributed by atoms with E-state index in [1.165, 1.54) is 23.8 Å². The number of aliphatic carboxylic acids is 1. The van der Waals surface area contributed by atoms with Crippen molar-refractivity contribution in [2.75, 3.05) is 12.9 Å². The number of aryl methyl sites for hydroxylation is 1. The Hall–Kier alpha value is -2.02. The van der Waals surface area contributed by atoms with Gasteiger partial charge in [0, 0.05) is 12.3 Å². The summed E-state index contributed by atoms with van der Waals surface area (Å²) in [6.07, 6.45) is 1.65. The minimum atomic E-state index is -0.951. The van der Waals surface area contributed by atoms with Crippen molar-refractivity contribution in [2.45, 2.75) is 12.1 Å². The molecule has 1 aromatic heterocycles. The zero-order valence-electron chi connectivity index (χ0n) is 11.0. The number of carbonyl (C=O) groups is 1. The molecule has 0 atom stereocenters. The van der Waals surface area contributed by atoms with E-state index in [4.69, 9.17) is 9.84 Å². The maximum Gasteiger partial charge on any atom is 0.313 e. The highest BCUT2D eigenvalue weighted by molar-refractivity contribution is 7.99. The first kappa shape index (κ1) is 14.4. The molecule has 0 amide bonds. The normalized spacial score (nSPS) is 10.6. The van der Waals surface area contributed by atoms with Crippen LogP contribution in [-0.2, 0) is 4.79 Å². The first-order chi connectivity index (χ1) is 9.51. The molecule has 0 aliphatic heterocycles. The van der Waals surface area contributed by atoms with E-state index in [0.717, 1.165) is 11.8 Å². The maximum atomic E-state index is 14.0. The van der Waals surface area contributed by atoms with Crippen LogP contribution >= 0.6 is 11.8 Å². The van der Waals surface area contributed by atoms with Crippen LogP contribution in [-0.4, -0.2) is 33.5 Å². The Balaban J connectivity index is 2.43. The summed E-state index contributed by atoms with van der Waals surface area (Å²) in [5, 5.41) is 9.16. The van der Waals surface area contributed by atoms with Gasteiger partial charge in [-0.15, -0.1) is 0 Å². The lowest BCUT2D eigenvalue weighted by molar-refractivity contribution is -0.133. The standard InChI is InChI=1S/C13H13FN2O3S/c1-8-6-16(13(15-8)20-7-12(17)18)11-5-9(19-2)3-4-10(11)14/h3-6H,7H2,1-2H3,(H,17,18). The number of carboxylic acid groups (broad SMARTS) is 1. The molecule has 1 N–H and O–H groups in total. The monoisotopic (exact) mass is 296 g/mol. The summed E-state index contributed by atoms with van der Waals surface area (Å²) in [5.74, 6) is -1.00. The Morgan fingerprint density at radius 2 is 2.30 bits per heavy atom. The van der Waals surface area contributed by atoms with Gasteiger partial charge in [-0.1, -0.05) is 11.8 Å². The molecule has 2 rings (SSSR count). The number of halogens is 1. The molecule has 0 saturated heterocycles. The fourth-order valence-corrected chi connectivity index (χ4v) is 2.43. The Morgan fingerprint density at radius 3 is 2.95 bits per heavy atom. The quantitative estimate of drug-likeness (QED) is 0.859. The van der Waals surface area contributed by atoms with Crippen molar-refractivity contribution >= 4 is 17.7 Å². The van der Waals surface area contributed by atoms with E-state index in [9.17, 15) is 9.18 Å². The predicted octanol–water partition coefficient (Wildman–Crippen LogP) is 2.51. The van der Waals surface area contributed by atoms with Gasteiger partial charge in [-0.3, -0.25) is 9.36 Å². The molecule has 1 aromatic carbocycles. The van der Waals surface area contributed by atoms with Crippen molar-refractivity contribution in [3.8, 4) is 11.4 Å². The predicted molar refractivity (Wildman–Crippen MR) is 73.2 cm³/mol. The highest BCUT2D eigenvalue weighted by Gasteiger charge is 2.14. The first-order valence-electron chi connectivity index (χ1n) is 5.75. The number of thioether (sulfide) groups is 1. The third-order valence-electron chi connectivity index (χ3n) is 2.53. The zero-order valence-corrected chi connectivity index (χ0v) is 11.8. The van der Waals surface area contributed by atoms with Crippen molar-refractivity contribution in [3.63, 3.8) is 0 Å². The van der Waals surface area contributed by atoms with Gasteiger partial charge in [0.25, 0.3) is 0 Å². The minimum Gasteiger partial charge on any atom is -0.497 e. The van der Waals surface area contributed by atoms with Gasteiger partial charge >= 0.3 is 5.97 Å². The van der Waals surface area contributed by atoms with E-state index in [0.29, 0.717) is 16.6 Å². The molecule has 0 fully saturated rings. The van der Waals surface area contributed by atoms with Crippen molar-refractivity contribution < 1.29 is 19.0 Å². The van der Waals surface area contributed by atoms with Crippen LogP contribution in [0.25, 0.3) is 5.69 Å². The van der Waals surface area contributed by atoms with Crippen molar-refractivity contribution in [2.24, 2.45) is 0 Å². The molecule has 2 aromatic rings. The topological polar surface area (TPSA) is 64.4 Å². The van der Waals surface area contributed by atoms with Crippen LogP contribution in [0, 0.1) is 12.7 Å². The second kappa shape index (κ2) is 5.96. The Kier molecular flexibility index (Phi) is 4.29. The minimum absolute atomic E-state index is 0.137. The van der Waals surface area contributed by atoms with Crippen LogP contribution in [0.4, 0.5) is 4.39 Å². The largest absolute Gasteiger partial charge is 0.497 e. The van der Waals surface area contributed by atoms with Gasteiger partial charge in [-0.2, -0.15) is 0 Å². The third kappa shape index (κ3) is 3.11. The number of hydrogen-bond acceptors (Lipinski definition) is 4. The van der Waals surface area contributed by atoms with E-state index >= 15 is 0 Å². The molecule has 0 radical (unpaired) electrons. The lowest BCUT2D eigenvalue weighted by Crippen LogP contribution is -2.03. The first-order valence-corrected chi connectivity index (χ1v) is 6.74. The molecule has 0 aliphatic rings. The molecule has 5 nitrogen and oxygen atoms in total. The maximum absolute atomic E-state index is 14.0. The molecular formula is C13H13FN2O3S. The molecule has 7 heteroatoms. The number of ether oxygens (including phenoxy) is 1. The van der Waals surface area contributed by atoms with Crippen LogP contribution < -0.4 is 4.74 Å². The van der Waals surface area contributed by atoms with E-state index in [-0.39, 0.29) is 11.4 Å². The number of carboxylic acids is 1. The van der Waals surface area contributed by atoms with Crippen molar-refractivity contribution in [3.05, 3.63) is 35.9 Å². The summed E-state index contributed by atoms with van der Waals surface area (Å²) in [5.41, 5.74) is 0.956. The second-order valence-corrected chi connectivity index (χ2v) is 4.98. The summed E-state index contributed by atoms with van der Waals surface area (Å²) >= 11 is 1.04. The van der Waals surface area contributed by atoms with Gasteiger partial charge in [0.05, 0.1) is 24.2 Å². The Morgan fingerprint density at radius 1 is 1.55 bits per heavy atom. The summed E-state index contributed by atoms with van der Waals surface area (Å²) in [7, 11) is 1.50. The van der Waals surface area contributed by atoms with E-state index in [1.807, 2.05) is 0 Å². The Labute approximate surface area is 119 Å². The fourth-order valence-electron chi connectivity index (χ4n) is 1.68. The number of benzene rings is 1. The number of hydrogen-bond donors (Lipinski definition) is 1. The van der Waals surface area contributed by atoms with Gasteiger partial charge in [-0.05, 0) is 19.1 Å². The van der Waals surface area contributed by atoms with Gasteiger partial charge in [-0.25, -0.2) is 9.37 Å². The zero-order chi connectivity index (χ0) is 14.7. The number of nitrogens with zero attached hydrogens (tertiary/aromatic N) is 2. The molecular weight excluding hydrogens is 283 g/mol. The molecule has 0 spiro atoms. The van der Waals surface area contributed by atoms with Crippen molar-refractivity contribution in [1.82, 2.24) is 9.55 Å². The Bertz CT molecular complexity index is 643. The third-order valence-corrected chi connectivity index (χ3v) is 3.47. The molecule has 0 saturated carbocycles.